The van der Waals surface area contributed by atoms with Crippen LogP contribution >= 0.6 is 11.8 Å². The molecule has 0 bridgehead atoms. The van der Waals surface area contributed by atoms with Crippen LogP contribution < -0.4 is 0 Å². The summed E-state index contributed by atoms with van der Waals surface area (Å²) < 4.78 is 0. The molecule has 0 spiro atoms. The van der Waals surface area contributed by atoms with Gasteiger partial charge in [0.05, 0.1) is 0 Å². The van der Waals surface area contributed by atoms with Gasteiger partial charge >= 0.3 is 0 Å². The van der Waals surface area contributed by atoms with Crippen LogP contribution in [0.1, 0.15) is 5.56 Å². The number of aryl methyl sites for hydroxylation is 1. The van der Waals surface area contributed by atoms with E-state index in [2.05, 4.69) is 61.7 Å². The maximum Gasteiger partial charge on any atom is 0.0177 e. The standard InChI is InChI=1S/C14H14S/c1-11-7-6-10-13(14(11)15-2)12-8-4-3-5-9-12/h3-10H,1-2H3. The molecule has 1 heteroatoms. The van der Waals surface area contributed by atoms with E-state index in [4.69, 9.17) is 0 Å². The Morgan fingerprint density at radius 2 is 1.60 bits per heavy atom. The summed E-state index contributed by atoms with van der Waals surface area (Å²) in [5.41, 5.74) is 3.98. The number of thioether (sulfide) groups is 1. The molecule has 0 N–H and O–H groups in total. The SMILES string of the molecule is CSc1c(C)cccc1-c1ccccc1. The molecule has 0 aromatic heterocycles. The minimum absolute atomic E-state index is 1.30. The molecule has 0 saturated carbocycles. The first kappa shape index (κ1) is 10.3. The maximum absolute atomic E-state index is 2.19. The van der Waals surface area contributed by atoms with E-state index in [0.29, 0.717) is 0 Å². The Balaban J connectivity index is 2.58. The van der Waals surface area contributed by atoms with Crippen LogP contribution in [0.3, 0.4) is 0 Å². The average Bonchev–Trinajstić information content (AvgIpc) is 2.30. The van der Waals surface area contributed by atoms with E-state index >= 15 is 0 Å². The Hall–Kier alpha value is -1.21. The topological polar surface area (TPSA) is 0 Å². The zero-order valence-electron chi connectivity index (χ0n) is 9.03. The third-order valence-corrected chi connectivity index (χ3v) is 3.45. The summed E-state index contributed by atoms with van der Waals surface area (Å²) in [5.74, 6) is 0. The first-order chi connectivity index (χ1) is 7.33. The van der Waals surface area contributed by atoms with Gasteiger partial charge in [-0.05, 0) is 29.9 Å². The van der Waals surface area contributed by atoms with Crippen molar-refractivity contribution >= 4 is 11.8 Å². The Morgan fingerprint density at radius 3 is 2.27 bits per heavy atom. The molecular weight excluding hydrogens is 200 g/mol. The maximum atomic E-state index is 2.19. The molecule has 76 valence electrons. The van der Waals surface area contributed by atoms with Crippen molar-refractivity contribution in [1.82, 2.24) is 0 Å². The molecule has 0 aliphatic heterocycles. The van der Waals surface area contributed by atoms with Crippen LogP contribution in [0.5, 0.6) is 0 Å². The summed E-state index contributed by atoms with van der Waals surface area (Å²) in [6.45, 7) is 2.16. The fourth-order valence-electron chi connectivity index (χ4n) is 1.77. The molecule has 0 atom stereocenters. The van der Waals surface area contributed by atoms with Gasteiger partial charge in [0, 0.05) is 4.90 Å². The smallest absolute Gasteiger partial charge is 0.0177 e. The number of hydrogen-bond acceptors (Lipinski definition) is 1. The van der Waals surface area contributed by atoms with E-state index in [1.54, 1.807) is 0 Å². The van der Waals surface area contributed by atoms with Crippen molar-refractivity contribution in [3.63, 3.8) is 0 Å². The second kappa shape index (κ2) is 4.54. The fourth-order valence-corrected chi connectivity index (χ4v) is 2.56. The van der Waals surface area contributed by atoms with E-state index < -0.39 is 0 Å². The largest absolute Gasteiger partial charge is 0.129 e. The van der Waals surface area contributed by atoms with Crippen LogP contribution in [-0.4, -0.2) is 6.26 Å². The molecule has 0 nitrogen and oxygen atoms in total. The summed E-state index contributed by atoms with van der Waals surface area (Å²) in [7, 11) is 0. The van der Waals surface area contributed by atoms with Crippen LogP contribution in [0.25, 0.3) is 11.1 Å². The summed E-state index contributed by atoms with van der Waals surface area (Å²) >= 11 is 1.82. The molecule has 0 fully saturated rings. The third-order valence-electron chi connectivity index (χ3n) is 2.50. The predicted octanol–water partition coefficient (Wildman–Crippen LogP) is 4.38. The molecule has 2 aromatic carbocycles. The van der Waals surface area contributed by atoms with Gasteiger partial charge in [-0.1, -0.05) is 48.5 Å². The van der Waals surface area contributed by atoms with E-state index in [1.165, 1.54) is 21.6 Å². The lowest BCUT2D eigenvalue weighted by Crippen LogP contribution is -1.85. The molecule has 0 amide bonds. The molecule has 15 heavy (non-hydrogen) atoms. The fraction of sp³-hybridized carbons (Fsp3) is 0.143. The zero-order chi connectivity index (χ0) is 10.7. The molecule has 0 saturated heterocycles. The molecule has 2 aromatic rings. The second-order valence-electron chi connectivity index (χ2n) is 3.52. The lowest BCUT2D eigenvalue weighted by atomic mass is 10.0. The third kappa shape index (κ3) is 2.07. The van der Waals surface area contributed by atoms with E-state index in [9.17, 15) is 0 Å². The highest BCUT2D eigenvalue weighted by Gasteiger charge is 2.05. The highest BCUT2D eigenvalue weighted by Crippen LogP contribution is 2.32. The summed E-state index contributed by atoms with van der Waals surface area (Å²) in [5, 5.41) is 0. The Kier molecular flexibility index (Phi) is 3.12. The molecular formula is C14H14S. The highest BCUT2D eigenvalue weighted by atomic mass is 32.2. The van der Waals surface area contributed by atoms with Gasteiger partial charge in [0.25, 0.3) is 0 Å². The van der Waals surface area contributed by atoms with E-state index in [-0.39, 0.29) is 0 Å². The molecule has 0 aliphatic carbocycles. The average molecular weight is 214 g/mol. The van der Waals surface area contributed by atoms with Gasteiger partial charge in [-0.15, -0.1) is 11.8 Å². The first-order valence-corrected chi connectivity index (χ1v) is 6.24. The summed E-state index contributed by atoms with van der Waals surface area (Å²) in [6, 6.07) is 17.0. The zero-order valence-corrected chi connectivity index (χ0v) is 9.84. The lowest BCUT2D eigenvalue weighted by Gasteiger charge is -2.10. The normalized spacial score (nSPS) is 10.3. The second-order valence-corrected chi connectivity index (χ2v) is 4.34. The molecule has 0 aliphatic rings. The van der Waals surface area contributed by atoms with Crippen molar-refractivity contribution in [2.75, 3.05) is 6.26 Å². The van der Waals surface area contributed by atoms with Crippen molar-refractivity contribution in [3.05, 3.63) is 54.1 Å². The van der Waals surface area contributed by atoms with Crippen LogP contribution in [0.4, 0.5) is 0 Å². The number of hydrogen-bond donors (Lipinski definition) is 0. The van der Waals surface area contributed by atoms with Gasteiger partial charge in [-0.25, -0.2) is 0 Å². The minimum Gasteiger partial charge on any atom is -0.129 e. The Morgan fingerprint density at radius 1 is 0.867 bits per heavy atom. The van der Waals surface area contributed by atoms with Crippen LogP contribution in [0, 0.1) is 6.92 Å². The van der Waals surface area contributed by atoms with Crippen molar-refractivity contribution in [2.45, 2.75) is 11.8 Å². The van der Waals surface area contributed by atoms with Gasteiger partial charge < -0.3 is 0 Å². The quantitative estimate of drug-likeness (QED) is 0.668. The predicted molar refractivity (Wildman–Crippen MR) is 68.4 cm³/mol. The van der Waals surface area contributed by atoms with Gasteiger partial charge in [-0.2, -0.15) is 0 Å². The van der Waals surface area contributed by atoms with Crippen molar-refractivity contribution < 1.29 is 0 Å². The van der Waals surface area contributed by atoms with E-state index in [0.717, 1.165) is 0 Å². The molecule has 2 rings (SSSR count). The first-order valence-electron chi connectivity index (χ1n) is 5.02. The number of benzene rings is 2. The van der Waals surface area contributed by atoms with Crippen LogP contribution in [0.2, 0.25) is 0 Å². The number of rotatable bonds is 2. The summed E-state index contributed by atoms with van der Waals surface area (Å²) in [6.07, 6.45) is 2.13. The van der Waals surface area contributed by atoms with Gasteiger partial charge in [0.2, 0.25) is 0 Å². The molecule has 0 heterocycles. The lowest BCUT2D eigenvalue weighted by molar-refractivity contribution is 1.31. The van der Waals surface area contributed by atoms with E-state index in [1.807, 2.05) is 11.8 Å². The molecule has 0 unspecified atom stereocenters. The van der Waals surface area contributed by atoms with Crippen molar-refractivity contribution in [1.29, 1.82) is 0 Å². The Labute approximate surface area is 95.3 Å². The summed E-state index contributed by atoms with van der Waals surface area (Å²) in [4.78, 5) is 1.38. The van der Waals surface area contributed by atoms with Gasteiger partial charge in [0.1, 0.15) is 0 Å². The van der Waals surface area contributed by atoms with Crippen LogP contribution in [0.15, 0.2) is 53.4 Å². The Bertz CT molecular complexity index is 446. The van der Waals surface area contributed by atoms with Gasteiger partial charge in [-0.3, -0.25) is 0 Å². The van der Waals surface area contributed by atoms with Crippen molar-refractivity contribution in [2.24, 2.45) is 0 Å². The van der Waals surface area contributed by atoms with Crippen LogP contribution in [-0.2, 0) is 0 Å². The van der Waals surface area contributed by atoms with Gasteiger partial charge in [0.15, 0.2) is 0 Å². The molecule has 0 radical (unpaired) electrons. The van der Waals surface area contributed by atoms with Crippen molar-refractivity contribution in [3.8, 4) is 11.1 Å². The highest BCUT2D eigenvalue weighted by molar-refractivity contribution is 7.98. The monoisotopic (exact) mass is 214 g/mol. The minimum atomic E-state index is 1.30.